The summed E-state index contributed by atoms with van der Waals surface area (Å²) in [6.45, 7) is 3.54. The van der Waals surface area contributed by atoms with Gasteiger partial charge in [-0.2, -0.15) is 0 Å². The predicted molar refractivity (Wildman–Crippen MR) is 49.6 cm³/mol. The van der Waals surface area contributed by atoms with Gasteiger partial charge in [0.2, 0.25) is 0 Å². The van der Waals surface area contributed by atoms with E-state index >= 15 is 0 Å². The van der Waals surface area contributed by atoms with E-state index in [1.54, 1.807) is 6.08 Å². The maximum Gasteiger partial charge on any atom is 0.305 e. The highest BCUT2D eigenvalue weighted by molar-refractivity contribution is 7.99. The van der Waals surface area contributed by atoms with Crippen molar-refractivity contribution in [3.8, 4) is 0 Å². The molecule has 0 amide bonds. The second-order valence-corrected chi connectivity index (χ2v) is 3.07. The van der Waals surface area contributed by atoms with Crippen LogP contribution in [0.15, 0.2) is 30.2 Å². The Balaban J connectivity index is 2.69. The molecule has 13 heavy (non-hydrogen) atoms. The number of hydrogen-bond donors (Lipinski definition) is 0. The average Bonchev–Trinajstić information content (AvgIpc) is 2.15. The summed E-state index contributed by atoms with van der Waals surface area (Å²) in [6.07, 6.45) is 4.10. The smallest absolute Gasteiger partial charge is 0.258 e. The molecule has 0 atom stereocenters. The molecule has 0 radical (unpaired) electrons. The van der Waals surface area contributed by atoms with E-state index in [0.717, 1.165) is 0 Å². The fourth-order valence-electron chi connectivity index (χ4n) is 0.612. The average molecular weight is 197 g/mol. The Kier molecular flexibility index (Phi) is 3.39. The van der Waals surface area contributed by atoms with Crippen LogP contribution in [0.2, 0.25) is 0 Å². The van der Waals surface area contributed by atoms with Crippen LogP contribution in [-0.4, -0.2) is 20.6 Å². The molecule has 6 heteroatoms. The summed E-state index contributed by atoms with van der Waals surface area (Å²) in [6, 6.07) is 0. The van der Waals surface area contributed by atoms with Crippen LogP contribution in [0.25, 0.3) is 0 Å². The monoisotopic (exact) mass is 197 g/mol. The quantitative estimate of drug-likeness (QED) is 0.241. The molecule has 0 bridgehead atoms. The van der Waals surface area contributed by atoms with Gasteiger partial charge in [-0.1, -0.05) is 17.8 Å². The Morgan fingerprint density at radius 1 is 1.62 bits per heavy atom. The first-order valence-corrected chi connectivity index (χ1v) is 4.42. The summed E-state index contributed by atoms with van der Waals surface area (Å²) in [5, 5.41) is 10.7. The Labute approximate surface area is 79.1 Å². The minimum absolute atomic E-state index is 0.0945. The highest BCUT2D eigenvalue weighted by Crippen LogP contribution is 2.14. The fraction of sp³-hybridized carbons (Fsp3) is 0.143. The Morgan fingerprint density at radius 3 is 2.69 bits per heavy atom. The number of hydrogen-bond acceptors (Lipinski definition) is 5. The maximum atomic E-state index is 10.2. The van der Waals surface area contributed by atoms with Gasteiger partial charge < -0.3 is 0 Å². The number of aromatic nitrogens is 2. The molecule has 0 spiro atoms. The number of nitrogens with zero attached hydrogens (tertiary/aromatic N) is 3. The van der Waals surface area contributed by atoms with Gasteiger partial charge in [0.1, 0.15) is 12.4 Å². The van der Waals surface area contributed by atoms with Crippen molar-refractivity contribution in [2.75, 3.05) is 5.75 Å². The van der Waals surface area contributed by atoms with Crippen LogP contribution in [0.4, 0.5) is 5.69 Å². The summed E-state index contributed by atoms with van der Waals surface area (Å²) in [7, 11) is 0. The minimum Gasteiger partial charge on any atom is -0.258 e. The molecule has 0 saturated heterocycles. The van der Waals surface area contributed by atoms with E-state index in [4.69, 9.17) is 0 Å². The van der Waals surface area contributed by atoms with Gasteiger partial charge in [-0.15, -0.1) is 6.58 Å². The largest absolute Gasteiger partial charge is 0.305 e. The molecule has 0 N–H and O–H groups in total. The third-order valence-corrected chi connectivity index (χ3v) is 2.03. The zero-order valence-electron chi connectivity index (χ0n) is 6.71. The van der Waals surface area contributed by atoms with Crippen LogP contribution in [0, 0.1) is 10.1 Å². The van der Waals surface area contributed by atoms with Gasteiger partial charge in [0, 0.05) is 5.75 Å². The molecular weight excluding hydrogens is 190 g/mol. The lowest BCUT2D eigenvalue weighted by atomic mass is 10.6. The van der Waals surface area contributed by atoms with E-state index in [-0.39, 0.29) is 5.69 Å². The molecule has 0 saturated carbocycles. The summed E-state index contributed by atoms with van der Waals surface area (Å²) < 4.78 is 0. The highest BCUT2D eigenvalue weighted by atomic mass is 32.2. The van der Waals surface area contributed by atoms with Gasteiger partial charge in [-0.05, 0) is 0 Å². The Hall–Kier alpha value is -1.43. The SMILES string of the molecule is C=CCSc1ncc([N+](=O)[O-])cn1. The van der Waals surface area contributed by atoms with Crippen molar-refractivity contribution >= 4 is 17.4 Å². The molecule has 0 aliphatic carbocycles. The van der Waals surface area contributed by atoms with Crippen LogP contribution in [0.5, 0.6) is 0 Å². The molecule has 1 aromatic rings. The highest BCUT2D eigenvalue weighted by Gasteiger charge is 2.05. The lowest BCUT2D eigenvalue weighted by Gasteiger charge is -1.94. The van der Waals surface area contributed by atoms with Crippen molar-refractivity contribution in [3.63, 3.8) is 0 Å². The van der Waals surface area contributed by atoms with Crippen molar-refractivity contribution in [2.45, 2.75) is 5.16 Å². The summed E-state index contributed by atoms with van der Waals surface area (Å²) in [4.78, 5) is 17.3. The summed E-state index contributed by atoms with van der Waals surface area (Å²) in [5.74, 6) is 0.692. The number of rotatable bonds is 4. The summed E-state index contributed by atoms with van der Waals surface area (Å²) >= 11 is 1.38. The van der Waals surface area contributed by atoms with Gasteiger partial charge in [-0.25, -0.2) is 9.97 Å². The molecule has 1 heterocycles. The molecule has 0 aromatic carbocycles. The standard InChI is InChI=1S/C7H7N3O2S/c1-2-3-13-7-8-4-6(5-9-7)10(11)12/h2,4-5H,1,3H2. The van der Waals surface area contributed by atoms with E-state index in [2.05, 4.69) is 16.5 Å². The molecule has 0 aliphatic rings. The van der Waals surface area contributed by atoms with Crippen LogP contribution in [0.1, 0.15) is 0 Å². The Morgan fingerprint density at radius 2 is 2.23 bits per heavy atom. The lowest BCUT2D eigenvalue weighted by molar-refractivity contribution is -0.385. The van der Waals surface area contributed by atoms with Crippen molar-refractivity contribution in [2.24, 2.45) is 0 Å². The zero-order valence-corrected chi connectivity index (χ0v) is 7.53. The molecule has 5 nitrogen and oxygen atoms in total. The molecular formula is C7H7N3O2S. The molecule has 0 unspecified atom stereocenters. The van der Waals surface area contributed by atoms with Gasteiger partial charge in [0.05, 0.1) is 4.92 Å². The van der Waals surface area contributed by atoms with Crippen molar-refractivity contribution in [1.29, 1.82) is 0 Å². The van der Waals surface area contributed by atoms with E-state index in [0.29, 0.717) is 10.9 Å². The van der Waals surface area contributed by atoms with Crippen LogP contribution >= 0.6 is 11.8 Å². The molecule has 68 valence electrons. The normalized spacial score (nSPS) is 9.54. The molecule has 1 rings (SSSR count). The van der Waals surface area contributed by atoms with Crippen molar-refractivity contribution < 1.29 is 4.92 Å². The first kappa shape index (κ1) is 9.66. The van der Waals surface area contributed by atoms with Crippen molar-refractivity contribution in [3.05, 3.63) is 35.2 Å². The fourth-order valence-corrected chi connectivity index (χ4v) is 1.13. The van der Waals surface area contributed by atoms with Crippen molar-refractivity contribution in [1.82, 2.24) is 9.97 Å². The van der Waals surface area contributed by atoms with Crippen LogP contribution in [-0.2, 0) is 0 Å². The third kappa shape index (κ3) is 2.83. The zero-order chi connectivity index (χ0) is 9.68. The number of nitro groups is 1. The van der Waals surface area contributed by atoms with E-state index in [1.165, 1.54) is 24.2 Å². The lowest BCUT2D eigenvalue weighted by Crippen LogP contribution is -1.92. The molecule has 1 aromatic heterocycles. The van der Waals surface area contributed by atoms with Crippen LogP contribution in [0.3, 0.4) is 0 Å². The van der Waals surface area contributed by atoms with Gasteiger partial charge in [0.25, 0.3) is 0 Å². The van der Waals surface area contributed by atoms with Gasteiger partial charge >= 0.3 is 5.69 Å². The molecule has 0 aliphatic heterocycles. The maximum absolute atomic E-state index is 10.2. The molecule has 0 fully saturated rings. The Bertz CT molecular complexity index is 312. The van der Waals surface area contributed by atoms with Gasteiger partial charge in [0.15, 0.2) is 5.16 Å². The topological polar surface area (TPSA) is 68.9 Å². The third-order valence-electron chi connectivity index (χ3n) is 1.16. The number of thioether (sulfide) groups is 1. The summed E-state index contributed by atoms with van der Waals surface area (Å²) in [5.41, 5.74) is -0.0945. The van der Waals surface area contributed by atoms with Crippen LogP contribution < -0.4 is 0 Å². The first-order valence-electron chi connectivity index (χ1n) is 3.44. The second kappa shape index (κ2) is 4.56. The van der Waals surface area contributed by atoms with E-state index < -0.39 is 4.92 Å². The first-order chi connectivity index (χ1) is 6.24. The van der Waals surface area contributed by atoms with E-state index in [1.807, 2.05) is 0 Å². The predicted octanol–water partition coefficient (Wildman–Crippen LogP) is 1.66. The van der Waals surface area contributed by atoms with E-state index in [9.17, 15) is 10.1 Å². The second-order valence-electron chi connectivity index (χ2n) is 2.08. The van der Waals surface area contributed by atoms with Gasteiger partial charge in [-0.3, -0.25) is 10.1 Å². The minimum atomic E-state index is -0.526.